The van der Waals surface area contributed by atoms with E-state index in [0.29, 0.717) is 22.8 Å². The third-order valence-electron chi connectivity index (χ3n) is 3.04. The minimum absolute atomic E-state index is 0.0441. The van der Waals surface area contributed by atoms with Gasteiger partial charge in [0.25, 0.3) is 0 Å². The summed E-state index contributed by atoms with van der Waals surface area (Å²) in [6, 6.07) is 6.57. The number of halogens is 2. The Morgan fingerprint density at radius 1 is 1.35 bits per heavy atom. The molecule has 0 fully saturated rings. The standard InChI is InChI=1S/C15H17ClFN3/c1-3-18-15(14-6-7-19-10(2)20-14)8-11-4-5-12(16)9-13(11)17/h4-7,9,15,18H,3,8H2,1-2H3. The SMILES string of the molecule is CCNC(Cc1ccc(Cl)cc1F)c1ccnc(C)n1. The third-order valence-corrected chi connectivity index (χ3v) is 3.28. The van der Waals surface area contributed by atoms with Crippen molar-refractivity contribution in [1.82, 2.24) is 15.3 Å². The van der Waals surface area contributed by atoms with Gasteiger partial charge in [-0.15, -0.1) is 0 Å². The summed E-state index contributed by atoms with van der Waals surface area (Å²) in [7, 11) is 0. The number of nitrogens with zero attached hydrogens (tertiary/aromatic N) is 2. The van der Waals surface area contributed by atoms with E-state index in [0.717, 1.165) is 12.2 Å². The van der Waals surface area contributed by atoms with Gasteiger partial charge in [0.05, 0.1) is 11.7 Å². The van der Waals surface area contributed by atoms with Crippen LogP contribution in [0.15, 0.2) is 30.5 Å². The van der Waals surface area contributed by atoms with Gasteiger partial charge in [-0.2, -0.15) is 0 Å². The number of benzene rings is 1. The van der Waals surface area contributed by atoms with E-state index >= 15 is 0 Å². The molecule has 1 N–H and O–H groups in total. The maximum absolute atomic E-state index is 13.9. The van der Waals surface area contributed by atoms with Crippen molar-refractivity contribution >= 4 is 11.6 Å². The van der Waals surface area contributed by atoms with E-state index in [1.807, 2.05) is 19.9 Å². The first-order valence-electron chi connectivity index (χ1n) is 6.57. The van der Waals surface area contributed by atoms with Gasteiger partial charge in [-0.05, 0) is 43.7 Å². The van der Waals surface area contributed by atoms with Crippen LogP contribution in [0.4, 0.5) is 4.39 Å². The molecule has 2 aromatic rings. The van der Waals surface area contributed by atoms with Gasteiger partial charge < -0.3 is 5.32 Å². The molecule has 0 aliphatic heterocycles. The highest BCUT2D eigenvalue weighted by molar-refractivity contribution is 6.30. The van der Waals surface area contributed by atoms with Crippen molar-refractivity contribution in [2.24, 2.45) is 0 Å². The van der Waals surface area contributed by atoms with Crippen molar-refractivity contribution in [2.45, 2.75) is 26.3 Å². The lowest BCUT2D eigenvalue weighted by Crippen LogP contribution is -2.24. The number of hydrogen-bond acceptors (Lipinski definition) is 3. The zero-order valence-corrected chi connectivity index (χ0v) is 12.3. The van der Waals surface area contributed by atoms with Gasteiger partial charge in [0.1, 0.15) is 11.6 Å². The highest BCUT2D eigenvalue weighted by Crippen LogP contribution is 2.21. The Bertz CT molecular complexity index is 589. The Balaban J connectivity index is 2.25. The molecule has 2 rings (SSSR count). The Kier molecular flexibility index (Phi) is 5.04. The predicted molar refractivity (Wildman–Crippen MR) is 78.3 cm³/mol. The van der Waals surface area contributed by atoms with Crippen LogP contribution in [-0.2, 0) is 6.42 Å². The van der Waals surface area contributed by atoms with Gasteiger partial charge in [0, 0.05) is 11.2 Å². The molecule has 1 aromatic carbocycles. The zero-order valence-electron chi connectivity index (χ0n) is 11.5. The Labute approximate surface area is 123 Å². The minimum atomic E-state index is -0.286. The quantitative estimate of drug-likeness (QED) is 0.917. The summed E-state index contributed by atoms with van der Waals surface area (Å²) in [5.74, 6) is 0.424. The molecule has 1 atom stereocenters. The van der Waals surface area contributed by atoms with Crippen molar-refractivity contribution in [3.8, 4) is 0 Å². The van der Waals surface area contributed by atoms with Crippen molar-refractivity contribution in [3.63, 3.8) is 0 Å². The molecule has 3 nitrogen and oxygen atoms in total. The molecule has 5 heteroatoms. The fourth-order valence-corrected chi connectivity index (χ4v) is 2.26. The Morgan fingerprint density at radius 3 is 2.80 bits per heavy atom. The fourth-order valence-electron chi connectivity index (χ4n) is 2.10. The van der Waals surface area contributed by atoms with Gasteiger partial charge in [0.15, 0.2) is 0 Å². The van der Waals surface area contributed by atoms with Gasteiger partial charge in [-0.25, -0.2) is 14.4 Å². The Morgan fingerprint density at radius 2 is 2.15 bits per heavy atom. The third kappa shape index (κ3) is 3.74. The van der Waals surface area contributed by atoms with E-state index in [1.54, 1.807) is 18.3 Å². The highest BCUT2D eigenvalue weighted by Gasteiger charge is 2.15. The lowest BCUT2D eigenvalue weighted by atomic mass is 10.0. The molecule has 0 radical (unpaired) electrons. The second kappa shape index (κ2) is 6.77. The van der Waals surface area contributed by atoms with Gasteiger partial charge >= 0.3 is 0 Å². The van der Waals surface area contributed by atoms with Crippen LogP contribution in [0.1, 0.15) is 30.0 Å². The normalized spacial score (nSPS) is 12.4. The first-order chi connectivity index (χ1) is 9.60. The molecule has 0 amide bonds. The summed E-state index contributed by atoms with van der Waals surface area (Å²) in [6.45, 7) is 4.64. The van der Waals surface area contributed by atoms with Crippen LogP contribution < -0.4 is 5.32 Å². The summed E-state index contributed by atoms with van der Waals surface area (Å²) >= 11 is 5.78. The number of hydrogen-bond donors (Lipinski definition) is 1. The van der Waals surface area contributed by atoms with Crippen LogP contribution in [0.3, 0.4) is 0 Å². The molecule has 0 saturated carbocycles. The number of aromatic nitrogens is 2. The van der Waals surface area contributed by atoms with Crippen molar-refractivity contribution in [2.75, 3.05) is 6.54 Å². The average Bonchev–Trinajstić information content (AvgIpc) is 2.41. The molecule has 106 valence electrons. The number of nitrogens with one attached hydrogen (secondary N) is 1. The highest BCUT2D eigenvalue weighted by atomic mass is 35.5. The van der Waals surface area contributed by atoms with Crippen molar-refractivity contribution in [1.29, 1.82) is 0 Å². The molecule has 20 heavy (non-hydrogen) atoms. The van der Waals surface area contributed by atoms with Crippen molar-refractivity contribution in [3.05, 3.63) is 58.4 Å². The van der Waals surface area contributed by atoms with E-state index < -0.39 is 0 Å². The lowest BCUT2D eigenvalue weighted by Gasteiger charge is -2.18. The molecule has 1 unspecified atom stereocenters. The van der Waals surface area contributed by atoms with Crippen LogP contribution in [0.5, 0.6) is 0 Å². The summed E-state index contributed by atoms with van der Waals surface area (Å²) in [4.78, 5) is 8.50. The van der Waals surface area contributed by atoms with E-state index in [-0.39, 0.29) is 11.9 Å². The minimum Gasteiger partial charge on any atom is -0.309 e. The number of rotatable bonds is 5. The summed E-state index contributed by atoms with van der Waals surface area (Å²) in [5.41, 5.74) is 1.49. The second-order valence-electron chi connectivity index (χ2n) is 4.58. The number of aryl methyl sites for hydroxylation is 1. The molecule has 0 aliphatic carbocycles. The summed E-state index contributed by atoms with van der Waals surface area (Å²) in [5, 5.41) is 3.73. The maximum atomic E-state index is 13.9. The Hall–Kier alpha value is -1.52. The van der Waals surface area contributed by atoms with E-state index in [4.69, 9.17) is 11.6 Å². The molecule has 0 saturated heterocycles. The van der Waals surface area contributed by atoms with Crippen LogP contribution >= 0.6 is 11.6 Å². The van der Waals surface area contributed by atoms with Gasteiger partial charge in [-0.1, -0.05) is 24.6 Å². The molecule has 0 aliphatic rings. The van der Waals surface area contributed by atoms with Gasteiger partial charge in [-0.3, -0.25) is 0 Å². The largest absolute Gasteiger partial charge is 0.309 e. The van der Waals surface area contributed by atoms with Crippen LogP contribution in [0, 0.1) is 12.7 Å². The zero-order chi connectivity index (χ0) is 14.5. The van der Waals surface area contributed by atoms with Crippen LogP contribution in [-0.4, -0.2) is 16.5 Å². The maximum Gasteiger partial charge on any atom is 0.127 e. The average molecular weight is 294 g/mol. The second-order valence-corrected chi connectivity index (χ2v) is 5.02. The van der Waals surface area contributed by atoms with E-state index in [9.17, 15) is 4.39 Å². The fraction of sp³-hybridized carbons (Fsp3) is 0.333. The van der Waals surface area contributed by atoms with E-state index in [2.05, 4.69) is 15.3 Å². The number of likely N-dealkylation sites (N-methyl/N-ethyl adjacent to an activating group) is 1. The molecular weight excluding hydrogens is 277 g/mol. The summed E-state index contributed by atoms with van der Waals surface area (Å²) in [6.07, 6.45) is 2.24. The molecule has 1 aromatic heterocycles. The first kappa shape index (κ1) is 14.9. The molecular formula is C15H17ClFN3. The molecule has 0 spiro atoms. The van der Waals surface area contributed by atoms with Crippen LogP contribution in [0.25, 0.3) is 0 Å². The van der Waals surface area contributed by atoms with E-state index in [1.165, 1.54) is 6.07 Å². The van der Waals surface area contributed by atoms with Crippen LogP contribution in [0.2, 0.25) is 5.02 Å². The monoisotopic (exact) mass is 293 g/mol. The smallest absolute Gasteiger partial charge is 0.127 e. The molecule has 1 heterocycles. The van der Waals surface area contributed by atoms with Crippen molar-refractivity contribution < 1.29 is 4.39 Å². The van der Waals surface area contributed by atoms with Gasteiger partial charge in [0.2, 0.25) is 0 Å². The molecule has 0 bridgehead atoms. The first-order valence-corrected chi connectivity index (χ1v) is 6.94. The predicted octanol–water partition coefficient (Wildman–Crippen LogP) is 3.47. The topological polar surface area (TPSA) is 37.8 Å². The lowest BCUT2D eigenvalue weighted by molar-refractivity contribution is 0.516. The summed E-state index contributed by atoms with van der Waals surface area (Å²) < 4.78 is 13.9.